The molecule has 4 nitrogen and oxygen atoms in total. The zero-order valence-corrected chi connectivity index (χ0v) is 13.5. The van der Waals surface area contributed by atoms with Crippen LogP contribution in [0.25, 0.3) is 0 Å². The highest BCUT2D eigenvalue weighted by molar-refractivity contribution is 5.74. The van der Waals surface area contributed by atoms with Crippen LogP contribution >= 0.6 is 0 Å². The lowest BCUT2D eigenvalue weighted by atomic mass is 9.99. The molecule has 114 valence electrons. The summed E-state index contributed by atoms with van der Waals surface area (Å²) < 4.78 is 5.82. The van der Waals surface area contributed by atoms with E-state index in [4.69, 9.17) is 9.57 Å². The Kier molecular flexibility index (Phi) is 9.02. The summed E-state index contributed by atoms with van der Waals surface area (Å²) in [4.78, 5) is 16.4. The standard InChI is InChI=1S/C15H31NO3/c1-7-13(12-19-15(2,3)4)10-8-9-11-14(17)16(5)18-6/h13H,7-12H2,1-6H3. The summed E-state index contributed by atoms with van der Waals surface area (Å²) >= 11 is 0. The predicted octanol–water partition coefficient (Wildman–Crippen LogP) is 3.41. The molecule has 0 saturated carbocycles. The number of rotatable bonds is 9. The van der Waals surface area contributed by atoms with Crippen molar-refractivity contribution in [1.82, 2.24) is 5.06 Å². The van der Waals surface area contributed by atoms with E-state index in [1.165, 1.54) is 12.2 Å². The fourth-order valence-corrected chi connectivity index (χ4v) is 1.74. The van der Waals surface area contributed by atoms with Crippen LogP contribution in [0.4, 0.5) is 0 Å². The molecule has 4 heteroatoms. The van der Waals surface area contributed by atoms with Gasteiger partial charge in [-0.3, -0.25) is 9.63 Å². The number of unbranched alkanes of at least 4 members (excludes halogenated alkanes) is 1. The summed E-state index contributed by atoms with van der Waals surface area (Å²) in [5, 5.41) is 1.29. The number of hydroxylamine groups is 2. The average Bonchev–Trinajstić information content (AvgIpc) is 2.35. The van der Waals surface area contributed by atoms with Crippen LogP contribution in [0.2, 0.25) is 0 Å². The van der Waals surface area contributed by atoms with Crippen LogP contribution in [0, 0.1) is 5.92 Å². The fraction of sp³-hybridized carbons (Fsp3) is 0.933. The van der Waals surface area contributed by atoms with Gasteiger partial charge in [-0.25, -0.2) is 5.06 Å². The van der Waals surface area contributed by atoms with Gasteiger partial charge in [-0.15, -0.1) is 0 Å². The Labute approximate surface area is 118 Å². The number of amides is 1. The second-order valence-corrected chi connectivity index (χ2v) is 6.02. The zero-order valence-electron chi connectivity index (χ0n) is 13.5. The second kappa shape index (κ2) is 9.32. The molecule has 1 atom stereocenters. The van der Waals surface area contributed by atoms with Crippen molar-refractivity contribution in [2.75, 3.05) is 20.8 Å². The lowest BCUT2D eigenvalue weighted by Gasteiger charge is -2.24. The summed E-state index contributed by atoms with van der Waals surface area (Å²) in [6.07, 6.45) is 4.79. The Morgan fingerprint density at radius 3 is 2.37 bits per heavy atom. The van der Waals surface area contributed by atoms with Crippen LogP contribution in [-0.2, 0) is 14.4 Å². The van der Waals surface area contributed by atoms with Crippen molar-refractivity contribution in [2.45, 2.75) is 65.4 Å². The van der Waals surface area contributed by atoms with E-state index >= 15 is 0 Å². The van der Waals surface area contributed by atoms with Gasteiger partial charge in [0, 0.05) is 13.5 Å². The molecule has 0 spiro atoms. The zero-order chi connectivity index (χ0) is 14.9. The van der Waals surface area contributed by atoms with Gasteiger partial charge in [0.1, 0.15) is 0 Å². The molecule has 0 aliphatic rings. The molecule has 0 aliphatic carbocycles. The first kappa shape index (κ1) is 18.4. The highest BCUT2D eigenvalue weighted by Crippen LogP contribution is 2.17. The molecule has 0 aromatic rings. The SMILES string of the molecule is CCC(CCCCC(=O)N(C)OC)COC(C)(C)C. The number of carbonyl (C=O) groups excluding carboxylic acids is 1. The van der Waals surface area contributed by atoms with Crippen molar-refractivity contribution in [3.05, 3.63) is 0 Å². The number of carbonyl (C=O) groups is 1. The minimum Gasteiger partial charge on any atom is -0.376 e. The van der Waals surface area contributed by atoms with Gasteiger partial charge in [0.25, 0.3) is 0 Å². The Hall–Kier alpha value is -0.610. The molecule has 0 fully saturated rings. The molecule has 0 radical (unpaired) electrons. The summed E-state index contributed by atoms with van der Waals surface area (Å²) in [6, 6.07) is 0. The van der Waals surface area contributed by atoms with E-state index in [-0.39, 0.29) is 11.5 Å². The molecule has 0 N–H and O–H groups in total. The monoisotopic (exact) mass is 273 g/mol. The van der Waals surface area contributed by atoms with Crippen LogP contribution in [-0.4, -0.2) is 37.3 Å². The number of nitrogens with zero attached hydrogens (tertiary/aromatic N) is 1. The Balaban J connectivity index is 3.75. The molecule has 1 amide bonds. The van der Waals surface area contributed by atoms with E-state index in [1.807, 2.05) is 0 Å². The third kappa shape index (κ3) is 9.91. The molecule has 0 bridgehead atoms. The first-order valence-corrected chi connectivity index (χ1v) is 7.24. The van der Waals surface area contributed by atoms with Gasteiger partial charge in [0.05, 0.1) is 19.3 Å². The first-order chi connectivity index (χ1) is 8.80. The topological polar surface area (TPSA) is 38.8 Å². The Morgan fingerprint density at radius 1 is 1.26 bits per heavy atom. The van der Waals surface area contributed by atoms with Gasteiger partial charge < -0.3 is 4.74 Å². The lowest BCUT2D eigenvalue weighted by Crippen LogP contribution is -2.25. The van der Waals surface area contributed by atoms with Gasteiger partial charge >= 0.3 is 0 Å². The average molecular weight is 273 g/mol. The molecular formula is C15H31NO3. The highest BCUT2D eigenvalue weighted by Gasteiger charge is 2.14. The van der Waals surface area contributed by atoms with Crippen molar-refractivity contribution in [3.63, 3.8) is 0 Å². The summed E-state index contributed by atoms with van der Waals surface area (Å²) in [5.74, 6) is 0.635. The van der Waals surface area contributed by atoms with Crippen LogP contribution in [0.1, 0.15) is 59.8 Å². The number of hydrogen-bond donors (Lipinski definition) is 0. The maximum absolute atomic E-state index is 11.5. The summed E-state index contributed by atoms with van der Waals surface area (Å²) in [7, 11) is 3.16. The second-order valence-electron chi connectivity index (χ2n) is 6.02. The Morgan fingerprint density at radius 2 is 1.89 bits per heavy atom. The molecule has 0 heterocycles. The predicted molar refractivity (Wildman–Crippen MR) is 77.7 cm³/mol. The molecule has 0 saturated heterocycles. The third-order valence-corrected chi connectivity index (χ3v) is 3.21. The smallest absolute Gasteiger partial charge is 0.245 e. The first-order valence-electron chi connectivity index (χ1n) is 7.24. The number of hydrogen-bond acceptors (Lipinski definition) is 3. The van der Waals surface area contributed by atoms with E-state index in [9.17, 15) is 4.79 Å². The normalized spacial score (nSPS) is 13.4. The lowest BCUT2D eigenvalue weighted by molar-refractivity contribution is -0.168. The highest BCUT2D eigenvalue weighted by atomic mass is 16.7. The molecule has 0 aromatic carbocycles. The molecular weight excluding hydrogens is 242 g/mol. The van der Waals surface area contributed by atoms with E-state index in [0.29, 0.717) is 12.3 Å². The fourth-order valence-electron chi connectivity index (χ4n) is 1.74. The van der Waals surface area contributed by atoms with Gasteiger partial charge in [0.15, 0.2) is 0 Å². The third-order valence-electron chi connectivity index (χ3n) is 3.21. The van der Waals surface area contributed by atoms with Crippen LogP contribution in [0.15, 0.2) is 0 Å². The van der Waals surface area contributed by atoms with Crippen LogP contribution < -0.4 is 0 Å². The maximum Gasteiger partial charge on any atom is 0.245 e. The van der Waals surface area contributed by atoms with E-state index in [1.54, 1.807) is 7.05 Å². The van der Waals surface area contributed by atoms with E-state index in [0.717, 1.165) is 32.3 Å². The van der Waals surface area contributed by atoms with E-state index < -0.39 is 0 Å². The Bertz CT molecular complexity index is 248. The van der Waals surface area contributed by atoms with Gasteiger partial charge in [-0.2, -0.15) is 0 Å². The minimum absolute atomic E-state index is 0.0430. The minimum atomic E-state index is -0.0649. The molecule has 0 aliphatic heterocycles. The number of ether oxygens (including phenoxy) is 1. The summed E-state index contributed by atoms with van der Waals surface area (Å²) in [6.45, 7) is 9.25. The van der Waals surface area contributed by atoms with Gasteiger partial charge in [0.2, 0.25) is 5.91 Å². The van der Waals surface area contributed by atoms with Crippen molar-refractivity contribution in [2.24, 2.45) is 5.92 Å². The van der Waals surface area contributed by atoms with Gasteiger partial charge in [-0.05, 0) is 39.5 Å². The molecule has 19 heavy (non-hydrogen) atoms. The van der Waals surface area contributed by atoms with Crippen LogP contribution in [0.5, 0.6) is 0 Å². The van der Waals surface area contributed by atoms with Crippen molar-refractivity contribution < 1.29 is 14.4 Å². The van der Waals surface area contributed by atoms with E-state index in [2.05, 4.69) is 27.7 Å². The molecule has 0 rings (SSSR count). The molecule has 0 aromatic heterocycles. The van der Waals surface area contributed by atoms with Gasteiger partial charge in [-0.1, -0.05) is 19.8 Å². The van der Waals surface area contributed by atoms with Crippen molar-refractivity contribution >= 4 is 5.91 Å². The van der Waals surface area contributed by atoms with Crippen molar-refractivity contribution in [1.29, 1.82) is 0 Å². The summed E-state index contributed by atoms with van der Waals surface area (Å²) in [5.41, 5.74) is -0.0649. The van der Waals surface area contributed by atoms with Crippen molar-refractivity contribution in [3.8, 4) is 0 Å². The maximum atomic E-state index is 11.5. The van der Waals surface area contributed by atoms with Crippen LogP contribution in [0.3, 0.4) is 0 Å². The molecule has 1 unspecified atom stereocenters. The largest absolute Gasteiger partial charge is 0.376 e. The quantitative estimate of drug-likeness (QED) is 0.477.